The molecular weight excluding hydrogens is 300 g/mol. The fourth-order valence-corrected chi connectivity index (χ4v) is 4.34. The summed E-state index contributed by atoms with van der Waals surface area (Å²) in [6.07, 6.45) is 0. The van der Waals surface area contributed by atoms with Gasteiger partial charge in [-0.25, -0.2) is 8.42 Å². The third kappa shape index (κ3) is 2.81. The first-order chi connectivity index (χ1) is 9.56. The number of aliphatic carboxylic acids is 1. The molecule has 0 saturated carbocycles. The lowest BCUT2D eigenvalue weighted by molar-refractivity contribution is -0.154. The number of morpholine rings is 1. The smallest absolute Gasteiger partial charge is 0.324 e. The minimum Gasteiger partial charge on any atom is -0.480 e. The van der Waals surface area contributed by atoms with Crippen molar-refractivity contribution in [3.05, 3.63) is 11.5 Å². The van der Waals surface area contributed by atoms with Crippen LogP contribution >= 0.6 is 0 Å². The van der Waals surface area contributed by atoms with E-state index < -0.39 is 27.6 Å². The van der Waals surface area contributed by atoms with E-state index in [1.807, 2.05) is 0 Å². The minimum absolute atomic E-state index is 0.0592. The van der Waals surface area contributed by atoms with E-state index in [0.717, 1.165) is 4.31 Å². The SMILES string of the molecule is Cc1noc(C)c1S(=O)(=O)N1CC(C)(C)OCC1C(=O)O. The molecule has 0 bridgehead atoms. The lowest BCUT2D eigenvalue weighted by Crippen LogP contribution is -2.58. The van der Waals surface area contributed by atoms with Crippen LogP contribution in [0.2, 0.25) is 0 Å². The van der Waals surface area contributed by atoms with Gasteiger partial charge < -0.3 is 14.4 Å². The van der Waals surface area contributed by atoms with Crippen molar-refractivity contribution in [2.24, 2.45) is 0 Å². The third-order valence-electron chi connectivity index (χ3n) is 3.34. The van der Waals surface area contributed by atoms with Crippen LogP contribution in [0.1, 0.15) is 25.3 Å². The molecule has 9 heteroatoms. The Morgan fingerprint density at radius 1 is 1.43 bits per heavy atom. The number of carboxylic acids is 1. The molecule has 2 rings (SSSR count). The van der Waals surface area contributed by atoms with Crippen molar-refractivity contribution in [2.75, 3.05) is 13.2 Å². The van der Waals surface area contributed by atoms with E-state index >= 15 is 0 Å². The van der Waals surface area contributed by atoms with Crippen LogP contribution in [-0.2, 0) is 19.6 Å². The number of aromatic nitrogens is 1. The Morgan fingerprint density at radius 3 is 2.52 bits per heavy atom. The first-order valence-corrected chi connectivity index (χ1v) is 7.82. The number of rotatable bonds is 3. The summed E-state index contributed by atoms with van der Waals surface area (Å²) >= 11 is 0. The highest BCUT2D eigenvalue weighted by Crippen LogP contribution is 2.30. The van der Waals surface area contributed by atoms with Crippen LogP contribution in [0, 0.1) is 13.8 Å². The van der Waals surface area contributed by atoms with Gasteiger partial charge in [-0.2, -0.15) is 4.31 Å². The predicted molar refractivity (Wildman–Crippen MR) is 71.3 cm³/mol. The van der Waals surface area contributed by atoms with Gasteiger partial charge in [-0.1, -0.05) is 5.16 Å². The maximum absolute atomic E-state index is 12.8. The first-order valence-electron chi connectivity index (χ1n) is 6.38. The molecule has 0 spiro atoms. The van der Waals surface area contributed by atoms with Crippen molar-refractivity contribution >= 4 is 16.0 Å². The van der Waals surface area contributed by atoms with Crippen molar-refractivity contribution in [1.82, 2.24) is 9.46 Å². The molecule has 118 valence electrons. The Hall–Kier alpha value is -1.45. The maximum atomic E-state index is 12.8. The van der Waals surface area contributed by atoms with Crippen LogP contribution in [0.4, 0.5) is 0 Å². The van der Waals surface area contributed by atoms with Crippen molar-refractivity contribution in [3.8, 4) is 0 Å². The summed E-state index contributed by atoms with van der Waals surface area (Å²) in [6.45, 7) is 6.14. The normalized spacial score (nSPS) is 23.1. The lowest BCUT2D eigenvalue weighted by atomic mass is 10.1. The number of ether oxygens (including phenoxy) is 1. The molecule has 1 fully saturated rings. The molecule has 1 aromatic rings. The van der Waals surface area contributed by atoms with Crippen molar-refractivity contribution < 1.29 is 27.6 Å². The molecular formula is C12H18N2O6S. The molecule has 0 aliphatic carbocycles. The zero-order valence-corrected chi connectivity index (χ0v) is 13.1. The summed E-state index contributed by atoms with van der Waals surface area (Å²) < 4.78 is 36.9. The number of sulfonamides is 1. The fourth-order valence-electron chi connectivity index (χ4n) is 2.33. The molecule has 0 radical (unpaired) electrons. The van der Waals surface area contributed by atoms with Gasteiger partial charge in [-0.15, -0.1) is 0 Å². The first kappa shape index (κ1) is 15.9. The maximum Gasteiger partial charge on any atom is 0.324 e. The van der Waals surface area contributed by atoms with Gasteiger partial charge in [0.1, 0.15) is 16.6 Å². The van der Waals surface area contributed by atoms with E-state index in [0.29, 0.717) is 0 Å². The summed E-state index contributed by atoms with van der Waals surface area (Å²) in [5.74, 6) is -1.11. The number of hydrogen-bond acceptors (Lipinski definition) is 6. The summed E-state index contributed by atoms with van der Waals surface area (Å²) in [5, 5.41) is 12.9. The molecule has 8 nitrogen and oxygen atoms in total. The minimum atomic E-state index is -4.03. The standard InChI is InChI=1S/C12H18N2O6S/c1-7-10(8(2)20-13-7)21(17,18)14-6-12(3,4)19-5-9(14)11(15)16/h9H,5-6H2,1-4H3,(H,15,16). The zero-order chi connectivity index (χ0) is 16.0. The highest BCUT2D eigenvalue weighted by Gasteiger charge is 2.46. The van der Waals surface area contributed by atoms with Gasteiger partial charge in [0, 0.05) is 6.54 Å². The molecule has 1 unspecified atom stereocenters. The Labute approximate surface area is 122 Å². The van der Waals surface area contributed by atoms with Gasteiger partial charge in [-0.05, 0) is 27.7 Å². The van der Waals surface area contributed by atoms with Gasteiger partial charge in [0.05, 0.1) is 12.2 Å². The number of nitrogens with zero attached hydrogens (tertiary/aromatic N) is 2. The van der Waals surface area contributed by atoms with Crippen LogP contribution < -0.4 is 0 Å². The second kappa shape index (κ2) is 5.08. The second-order valence-corrected chi connectivity index (χ2v) is 7.46. The van der Waals surface area contributed by atoms with E-state index in [9.17, 15) is 18.3 Å². The van der Waals surface area contributed by atoms with E-state index in [1.54, 1.807) is 13.8 Å². The van der Waals surface area contributed by atoms with E-state index in [1.165, 1.54) is 13.8 Å². The highest BCUT2D eigenvalue weighted by molar-refractivity contribution is 7.89. The van der Waals surface area contributed by atoms with Gasteiger partial charge in [-0.3, -0.25) is 4.79 Å². The molecule has 0 amide bonds. The summed E-state index contributed by atoms with van der Waals surface area (Å²) in [6, 6.07) is -1.27. The predicted octanol–water partition coefficient (Wildman–Crippen LogP) is 0.544. The van der Waals surface area contributed by atoms with Gasteiger partial charge in [0.25, 0.3) is 0 Å². The second-order valence-electron chi connectivity index (χ2n) is 5.63. The number of carbonyl (C=O) groups is 1. The monoisotopic (exact) mass is 318 g/mol. The summed E-state index contributed by atoms with van der Waals surface area (Å²) in [7, 11) is -4.03. The van der Waals surface area contributed by atoms with E-state index in [4.69, 9.17) is 9.26 Å². The molecule has 2 heterocycles. The lowest BCUT2D eigenvalue weighted by Gasteiger charge is -2.40. The molecule has 1 aliphatic heterocycles. The van der Waals surface area contributed by atoms with Crippen LogP contribution in [0.5, 0.6) is 0 Å². The van der Waals surface area contributed by atoms with Gasteiger partial charge >= 0.3 is 5.97 Å². The van der Waals surface area contributed by atoms with Crippen LogP contribution in [0.25, 0.3) is 0 Å². The number of carboxylic acid groups (broad SMARTS) is 1. The van der Waals surface area contributed by atoms with Crippen molar-refractivity contribution in [1.29, 1.82) is 0 Å². The highest BCUT2D eigenvalue weighted by atomic mass is 32.2. The van der Waals surface area contributed by atoms with Crippen LogP contribution in [0.15, 0.2) is 9.42 Å². The van der Waals surface area contributed by atoms with E-state index in [2.05, 4.69) is 5.16 Å². The Kier molecular flexibility index (Phi) is 3.85. The summed E-state index contributed by atoms with van der Waals surface area (Å²) in [4.78, 5) is 11.3. The van der Waals surface area contributed by atoms with Crippen molar-refractivity contribution in [3.63, 3.8) is 0 Å². The molecule has 1 aliphatic rings. The fraction of sp³-hybridized carbons (Fsp3) is 0.667. The van der Waals surface area contributed by atoms with Crippen LogP contribution in [-0.4, -0.2) is 53.8 Å². The van der Waals surface area contributed by atoms with Gasteiger partial charge in [0.2, 0.25) is 10.0 Å². The molecule has 0 aromatic carbocycles. The molecule has 1 atom stereocenters. The molecule has 1 saturated heterocycles. The van der Waals surface area contributed by atoms with Gasteiger partial charge in [0.15, 0.2) is 5.76 Å². The molecule has 1 aromatic heterocycles. The van der Waals surface area contributed by atoms with E-state index in [-0.39, 0.29) is 29.5 Å². The zero-order valence-electron chi connectivity index (χ0n) is 12.3. The summed E-state index contributed by atoms with van der Waals surface area (Å²) in [5.41, 5.74) is -0.557. The average molecular weight is 318 g/mol. The average Bonchev–Trinajstić information content (AvgIpc) is 2.67. The molecule has 1 N–H and O–H groups in total. The third-order valence-corrected chi connectivity index (χ3v) is 5.44. The largest absolute Gasteiger partial charge is 0.480 e. The molecule has 21 heavy (non-hydrogen) atoms. The quantitative estimate of drug-likeness (QED) is 0.866. The number of aryl methyl sites for hydroxylation is 2. The Balaban J connectivity index is 2.51. The Bertz CT molecular complexity index is 644. The van der Waals surface area contributed by atoms with Crippen LogP contribution in [0.3, 0.4) is 0 Å². The topological polar surface area (TPSA) is 110 Å². The van der Waals surface area contributed by atoms with Crippen molar-refractivity contribution in [2.45, 2.75) is 44.2 Å². The number of hydrogen-bond donors (Lipinski definition) is 1. The Morgan fingerprint density at radius 2 is 2.05 bits per heavy atom.